The van der Waals surface area contributed by atoms with E-state index in [1.54, 1.807) is 12.1 Å². The fraction of sp³-hybridized carbons (Fsp3) is 0.167. The molecule has 3 aromatic rings. The van der Waals surface area contributed by atoms with E-state index in [1.165, 1.54) is 36.4 Å². The van der Waals surface area contributed by atoms with Crippen molar-refractivity contribution in [2.24, 2.45) is 0 Å². The summed E-state index contributed by atoms with van der Waals surface area (Å²) in [5, 5.41) is 2.70. The summed E-state index contributed by atoms with van der Waals surface area (Å²) < 4.78 is 44.5. The highest BCUT2D eigenvalue weighted by Gasteiger charge is 2.28. The largest absolute Gasteiger partial charge is 0.419 e. The first-order valence-electron chi connectivity index (χ1n) is 7.74. The van der Waals surface area contributed by atoms with Crippen LogP contribution in [0.2, 0.25) is 0 Å². The summed E-state index contributed by atoms with van der Waals surface area (Å²) >= 11 is 0. The molecule has 0 aliphatic rings. The molecule has 2 aromatic carbocycles. The first-order valence-corrected chi connectivity index (χ1v) is 9.22. The number of aromatic nitrogens is 1. The zero-order valence-electron chi connectivity index (χ0n) is 13.8. The van der Waals surface area contributed by atoms with Crippen LogP contribution in [0.5, 0.6) is 0 Å². The second-order valence-corrected chi connectivity index (χ2v) is 7.37. The van der Waals surface area contributed by atoms with E-state index in [4.69, 9.17) is 4.42 Å². The molecule has 0 aliphatic carbocycles. The minimum Gasteiger partial charge on any atom is -0.419 e. The normalized spacial score (nSPS) is 11.5. The van der Waals surface area contributed by atoms with E-state index >= 15 is 0 Å². The van der Waals surface area contributed by atoms with Crippen molar-refractivity contribution < 1.29 is 17.2 Å². The van der Waals surface area contributed by atoms with Gasteiger partial charge in [0, 0.05) is 12.1 Å². The molecule has 0 unspecified atom stereocenters. The number of hydrogen-bond acceptors (Lipinski definition) is 5. The Bertz CT molecular complexity index is 978. The maximum Gasteiger partial charge on any atom is 0.233 e. The second kappa shape index (κ2) is 6.68. The SMILES string of the molecule is CCNc1oc(-c2ccc(F)cc2)nc1S(=O)(=O)c1ccc(C)cc1. The number of benzene rings is 2. The number of rotatable bonds is 5. The summed E-state index contributed by atoms with van der Waals surface area (Å²) in [7, 11) is -3.85. The molecule has 7 heteroatoms. The zero-order valence-corrected chi connectivity index (χ0v) is 14.6. The fourth-order valence-corrected chi connectivity index (χ4v) is 3.58. The van der Waals surface area contributed by atoms with E-state index in [0.717, 1.165) is 5.56 Å². The molecule has 0 saturated heterocycles. The van der Waals surface area contributed by atoms with Gasteiger partial charge in [-0.05, 0) is 50.2 Å². The van der Waals surface area contributed by atoms with Crippen LogP contribution in [0.4, 0.5) is 10.3 Å². The first-order chi connectivity index (χ1) is 11.9. The maximum absolute atomic E-state index is 13.1. The summed E-state index contributed by atoms with van der Waals surface area (Å²) in [6.45, 7) is 4.17. The highest BCUT2D eigenvalue weighted by atomic mass is 32.2. The lowest BCUT2D eigenvalue weighted by molar-refractivity contribution is 0.577. The highest BCUT2D eigenvalue weighted by Crippen LogP contribution is 2.32. The third-order valence-electron chi connectivity index (χ3n) is 3.61. The lowest BCUT2D eigenvalue weighted by Gasteiger charge is -2.04. The van der Waals surface area contributed by atoms with Crippen LogP contribution in [0.3, 0.4) is 0 Å². The van der Waals surface area contributed by atoms with E-state index in [0.29, 0.717) is 12.1 Å². The van der Waals surface area contributed by atoms with Crippen molar-refractivity contribution in [2.75, 3.05) is 11.9 Å². The van der Waals surface area contributed by atoms with Crippen molar-refractivity contribution in [1.82, 2.24) is 4.98 Å². The lowest BCUT2D eigenvalue weighted by atomic mass is 10.2. The first kappa shape index (κ1) is 17.2. The molecule has 0 spiro atoms. The van der Waals surface area contributed by atoms with Gasteiger partial charge < -0.3 is 9.73 Å². The molecule has 0 amide bonds. The molecular weight excluding hydrogens is 343 g/mol. The molecule has 0 bridgehead atoms. The van der Waals surface area contributed by atoms with Crippen molar-refractivity contribution in [1.29, 1.82) is 0 Å². The Balaban J connectivity index is 2.11. The molecule has 130 valence electrons. The molecule has 0 fully saturated rings. The monoisotopic (exact) mass is 360 g/mol. The van der Waals surface area contributed by atoms with Crippen LogP contribution < -0.4 is 5.32 Å². The Morgan fingerprint density at radius 2 is 1.72 bits per heavy atom. The molecule has 0 saturated carbocycles. The third kappa shape index (κ3) is 3.41. The molecule has 0 atom stereocenters. The number of halogens is 1. The summed E-state index contributed by atoms with van der Waals surface area (Å²) in [5.74, 6) is -0.209. The highest BCUT2D eigenvalue weighted by molar-refractivity contribution is 7.91. The molecule has 5 nitrogen and oxygen atoms in total. The third-order valence-corrected chi connectivity index (χ3v) is 5.29. The number of aryl methyl sites for hydroxylation is 1. The van der Waals surface area contributed by atoms with Crippen molar-refractivity contribution >= 4 is 15.7 Å². The number of anilines is 1. The van der Waals surface area contributed by atoms with Crippen LogP contribution in [-0.2, 0) is 9.84 Å². The van der Waals surface area contributed by atoms with Gasteiger partial charge in [0.25, 0.3) is 0 Å². The average molecular weight is 360 g/mol. The number of sulfone groups is 1. The van der Waals surface area contributed by atoms with Gasteiger partial charge in [-0.1, -0.05) is 17.7 Å². The number of nitrogens with one attached hydrogen (secondary N) is 1. The van der Waals surface area contributed by atoms with Crippen molar-refractivity contribution in [3.8, 4) is 11.5 Å². The van der Waals surface area contributed by atoms with Gasteiger partial charge in [-0.3, -0.25) is 0 Å². The van der Waals surface area contributed by atoms with Gasteiger partial charge in [0.1, 0.15) is 5.82 Å². The molecule has 1 heterocycles. The second-order valence-electron chi connectivity index (χ2n) is 5.51. The molecule has 25 heavy (non-hydrogen) atoms. The Hall–Kier alpha value is -2.67. The predicted molar refractivity (Wildman–Crippen MR) is 92.7 cm³/mol. The standard InChI is InChI=1S/C18H17FN2O3S/c1-3-20-17-18(25(22,23)15-10-4-12(2)5-11-15)21-16(24-17)13-6-8-14(19)9-7-13/h4-11,20H,3H2,1-2H3. The van der Waals surface area contributed by atoms with E-state index < -0.39 is 15.7 Å². The van der Waals surface area contributed by atoms with E-state index in [2.05, 4.69) is 10.3 Å². The van der Waals surface area contributed by atoms with E-state index in [-0.39, 0.29) is 21.7 Å². The van der Waals surface area contributed by atoms with Crippen LogP contribution in [0.25, 0.3) is 11.5 Å². The van der Waals surface area contributed by atoms with Crippen LogP contribution in [0, 0.1) is 12.7 Å². The van der Waals surface area contributed by atoms with Gasteiger partial charge in [0.2, 0.25) is 26.6 Å². The lowest BCUT2D eigenvalue weighted by Crippen LogP contribution is -2.07. The summed E-state index contributed by atoms with van der Waals surface area (Å²) in [6, 6.07) is 12.0. The number of hydrogen-bond donors (Lipinski definition) is 1. The van der Waals surface area contributed by atoms with Crippen molar-refractivity contribution in [3.63, 3.8) is 0 Å². The van der Waals surface area contributed by atoms with Gasteiger partial charge in [0.15, 0.2) is 0 Å². The number of oxazole rings is 1. The Kier molecular flexibility index (Phi) is 4.59. The van der Waals surface area contributed by atoms with Gasteiger partial charge in [-0.25, -0.2) is 12.8 Å². The summed E-state index contributed by atoms with van der Waals surface area (Å²) in [4.78, 5) is 4.30. The van der Waals surface area contributed by atoms with Gasteiger partial charge >= 0.3 is 0 Å². The van der Waals surface area contributed by atoms with Gasteiger partial charge in [-0.15, -0.1) is 0 Å². The van der Waals surface area contributed by atoms with Crippen molar-refractivity contribution in [2.45, 2.75) is 23.8 Å². The van der Waals surface area contributed by atoms with E-state index in [9.17, 15) is 12.8 Å². The number of nitrogens with zero attached hydrogens (tertiary/aromatic N) is 1. The Morgan fingerprint density at radius 1 is 1.08 bits per heavy atom. The average Bonchev–Trinajstić information content (AvgIpc) is 3.01. The van der Waals surface area contributed by atoms with Crippen LogP contribution in [0.1, 0.15) is 12.5 Å². The van der Waals surface area contributed by atoms with E-state index in [1.807, 2.05) is 13.8 Å². The molecule has 3 rings (SSSR count). The van der Waals surface area contributed by atoms with Crippen LogP contribution in [0.15, 0.2) is 62.9 Å². The topological polar surface area (TPSA) is 72.2 Å². The quantitative estimate of drug-likeness (QED) is 0.743. The predicted octanol–water partition coefficient (Wildman–Crippen LogP) is 4.05. The molecule has 1 aromatic heterocycles. The van der Waals surface area contributed by atoms with Crippen molar-refractivity contribution in [3.05, 3.63) is 59.9 Å². The Morgan fingerprint density at radius 3 is 2.32 bits per heavy atom. The summed E-state index contributed by atoms with van der Waals surface area (Å²) in [5.41, 5.74) is 1.45. The molecule has 1 N–H and O–H groups in total. The minimum atomic E-state index is -3.85. The van der Waals surface area contributed by atoms with Crippen LogP contribution in [-0.4, -0.2) is 19.9 Å². The summed E-state index contributed by atoms with van der Waals surface area (Å²) in [6.07, 6.45) is 0. The minimum absolute atomic E-state index is 0.0717. The molecule has 0 aliphatic heterocycles. The smallest absolute Gasteiger partial charge is 0.233 e. The molecular formula is C18H17FN2O3S. The maximum atomic E-state index is 13.1. The van der Waals surface area contributed by atoms with Crippen LogP contribution >= 0.6 is 0 Å². The molecule has 0 radical (unpaired) electrons. The zero-order chi connectivity index (χ0) is 18.0. The fourth-order valence-electron chi connectivity index (χ4n) is 2.31. The Labute approximate surface area is 145 Å². The van der Waals surface area contributed by atoms with Gasteiger partial charge in [0.05, 0.1) is 4.90 Å². The van der Waals surface area contributed by atoms with Gasteiger partial charge in [-0.2, -0.15) is 4.98 Å².